The Kier molecular flexibility index (Phi) is 5.62. The molecule has 0 aliphatic carbocycles. The highest BCUT2D eigenvalue weighted by molar-refractivity contribution is 5.72. The van der Waals surface area contributed by atoms with Crippen LogP contribution in [0.3, 0.4) is 0 Å². The summed E-state index contributed by atoms with van der Waals surface area (Å²) >= 11 is 0. The lowest BCUT2D eigenvalue weighted by molar-refractivity contribution is -0.921. The summed E-state index contributed by atoms with van der Waals surface area (Å²) in [5.74, 6) is 0.963. The average Bonchev–Trinajstić information content (AvgIpc) is 2.48. The van der Waals surface area contributed by atoms with Gasteiger partial charge in [0.05, 0.1) is 26.8 Å². The number of benzene rings is 1. The number of hydrogen-bond acceptors (Lipinski definition) is 3. The van der Waals surface area contributed by atoms with E-state index in [1.54, 1.807) is 7.11 Å². The van der Waals surface area contributed by atoms with Crippen LogP contribution in [0, 0.1) is 12.8 Å². The van der Waals surface area contributed by atoms with E-state index >= 15 is 0 Å². The number of methoxy groups -OCH3 is 1. The summed E-state index contributed by atoms with van der Waals surface area (Å²) < 4.78 is 10.5. The van der Waals surface area contributed by atoms with Crippen LogP contribution in [0.15, 0.2) is 18.2 Å². The van der Waals surface area contributed by atoms with Crippen molar-refractivity contribution in [2.45, 2.75) is 33.2 Å². The van der Waals surface area contributed by atoms with Crippen LogP contribution >= 0.6 is 0 Å². The molecule has 1 unspecified atom stereocenters. The zero-order valence-electron chi connectivity index (χ0n) is 13.3. The monoisotopic (exact) mass is 292 g/mol. The van der Waals surface area contributed by atoms with Gasteiger partial charge in [0.1, 0.15) is 18.2 Å². The third kappa shape index (κ3) is 4.21. The van der Waals surface area contributed by atoms with Crippen molar-refractivity contribution in [2.24, 2.45) is 5.92 Å². The summed E-state index contributed by atoms with van der Waals surface area (Å²) in [7, 11) is 1.70. The molecule has 0 aromatic heterocycles. The molecular formula is C17H26NO3+. The quantitative estimate of drug-likeness (QED) is 0.833. The molecule has 4 nitrogen and oxygen atoms in total. The van der Waals surface area contributed by atoms with Gasteiger partial charge in [-0.05, 0) is 50.5 Å². The SMILES string of the molecule is CCOC(=O)[C@H]1CCC[NH+](Cc2ccc(OC)c(C)c2)C1. The standard InChI is InChI=1S/C17H25NO3/c1-4-21-17(19)15-6-5-9-18(12-15)11-14-7-8-16(20-3)13(2)10-14/h7-8,10,15H,4-6,9,11-12H2,1-3H3/p+1/t15-/m0/s1. The van der Waals surface area contributed by atoms with Crippen molar-refractivity contribution >= 4 is 5.97 Å². The van der Waals surface area contributed by atoms with Gasteiger partial charge in [-0.25, -0.2) is 0 Å². The minimum atomic E-state index is -0.0272. The van der Waals surface area contributed by atoms with Crippen molar-refractivity contribution in [3.63, 3.8) is 0 Å². The third-order valence-corrected chi connectivity index (χ3v) is 4.15. The number of rotatable bonds is 5. The maximum absolute atomic E-state index is 11.9. The van der Waals surface area contributed by atoms with E-state index in [1.807, 2.05) is 13.0 Å². The van der Waals surface area contributed by atoms with E-state index in [0.717, 1.165) is 43.8 Å². The predicted molar refractivity (Wildman–Crippen MR) is 81.5 cm³/mol. The Bertz CT molecular complexity index is 487. The van der Waals surface area contributed by atoms with E-state index in [9.17, 15) is 4.79 Å². The van der Waals surface area contributed by atoms with E-state index in [1.165, 1.54) is 10.5 Å². The first-order valence-electron chi connectivity index (χ1n) is 7.77. The van der Waals surface area contributed by atoms with E-state index < -0.39 is 0 Å². The Morgan fingerprint density at radius 3 is 2.90 bits per heavy atom. The van der Waals surface area contributed by atoms with Gasteiger partial charge in [0.25, 0.3) is 0 Å². The first kappa shape index (κ1) is 15.8. The zero-order valence-corrected chi connectivity index (χ0v) is 13.3. The van der Waals surface area contributed by atoms with Gasteiger partial charge in [-0.3, -0.25) is 4.79 Å². The summed E-state index contributed by atoms with van der Waals surface area (Å²) in [6, 6.07) is 6.32. The van der Waals surface area contributed by atoms with Crippen LogP contribution in [-0.4, -0.2) is 32.8 Å². The normalized spacial score (nSPS) is 21.9. The lowest BCUT2D eigenvalue weighted by Crippen LogP contribution is -3.12. The Balaban J connectivity index is 1.96. The van der Waals surface area contributed by atoms with Gasteiger partial charge in [-0.1, -0.05) is 0 Å². The largest absolute Gasteiger partial charge is 0.496 e. The highest BCUT2D eigenvalue weighted by Gasteiger charge is 2.29. The number of ether oxygens (including phenoxy) is 2. The van der Waals surface area contributed by atoms with Crippen LogP contribution in [0.5, 0.6) is 5.75 Å². The average molecular weight is 292 g/mol. The molecule has 1 aromatic rings. The lowest BCUT2D eigenvalue weighted by Gasteiger charge is -2.28. The number of carbonyl (C=O) groups is 1. The van der Waals surface area contributed by atoms with Gasteiger partial charge in [0.2, 0.25) is 0 Å². The van der Waals surface area contributed by atoms with Crippen LogP contribution in [0.4, 0.5) is 0 Å². The second kappa shape index (κ2) is 7.46. The second-order valence-electron chi connectivity index (χ2n) is 5.78. The van der Waals surface area contributed by atoms with Gasteiger partial charge in [-0.2, -0.15) is 0 Å². The van der Waals surface area contributed by atoms with Crippen molar-refractivity contribution < 1.29 is 19.2 Å². The van der Waals surface area contributed by atoms with E-state index in [2.05, 4.69) is 19.1 Å². The molecule has 4 heteroatoms. The predicted octanol–water partition coefficient (Wildman–Crippen LogP) is 1.36. The number of quaternary nitrogens is 1. The number of hydrogen-bond donors (Lipinski definition) is 1. The molecule has 0 bridgehead atoms. The maximum atomic E-state index is 11.9. The molecule has 21 heavy (non-hydrogen) atoms. The van der Waals surface area contributed by atoms with Crippen molar-refractivity contribution in [3.8, 4) is 5.75 Å². The van der Waals surface area contributed by atoms with Gasteiger partial charge in [0, 0.05) is 5.56 Å². The molecule has 1 aliphatic rings. The minimum Gasteiger partial charge on any atom is -0.496 e. The van der Waals surface area contributed by atoms with Gasteiger partial charge in [0.15, 0.2) is 0 Å². The summed E-state index contributed by atoms with van der Waals surface area (Å²) in [5.41, 5.74) is 2.46. The first-order valence-corrected chi connectivity index (χ1v) is 7.77. The van der Waals surface area contributed by atoms with Crippen LogP contribution in [0.1, 0.15) is 30.9 Å². The summed E-state index contributed by atoms with van der Waals surface area (Å²) in [4.78, 5) is 13.3. The van der Waals surface area contributed by atoms with E-state index in [0.29, 0.717) is 6.61 Å². The van der Waals surface area contributed by atoms with Crippen LogP contribution in [0.2, 0.25) is 0 Å². The highest BCUT2D eigenvalue weighted by atomic mass is 16.5. The molecule has 0 radical (unpaired) electrons. The van der Waals surface area contributed by atoms with Gasteiger partial charge >= 0.3 is 5.97 Å². The molecule has 1 aromatic carbocycles. The van der Waals surface area contributed by atoms with Crippen LogP contribution < -0.4 is 9.64 Å². The van der Waals surface area contributed by atoms with E-state index in [-0.39, 0.29) is 11.9 Å². The first-order chi connectivity index (χ1) is 10.1. The molecule has 116 valence electrons. The molecule has 1 fully saturated rings. The van der Waals surface area contributed by atoms with E-state index in [4.69, 9.17) is 9.47 Å². The minimum absolute atomic E-state index is 0.0272. The smallest absolute Gasteiger partial charge is 0.314 e. The van der Waals surface area contributed by atoms with Crippen molar-refractivity contribution in [1.29, 1.82) is 0 Å². The fourth-order valence-corrected chi connectivity index (χ4v) is 3.11. The number of piperidine rings is 1. The Hall–Kier alpha value is -1.55. The third-order valence-electron chi connectivity index (χ3n) is 4.15. The lowest BCUT2D eigenvalue weighted by atomic mass is 9.97. The Labute approximate surface area is 127 Å². The Morgan fingerprint density at radius 1 is 1.43 bits per heavy atom. The number of aryl methyl sites for hydroxylation is 1. The van der Waals surface area contributed by atoms with Crippen molar-refractivity contribution in [3.05, 3.63) is 29.3 Å². The summed E-state index contributed by atoms with van der Waals surface area (Å²) in [5, 5.41) is 0. The molecule has 0 spiro atoms. The highest BCUT2D eigenvalue weighted by Crippen LogP contribution is 2.18. The molecule has 1 heterocycles. The molecule has 0 saturated carbocycles. The molecule has 1 aliphatic heterocycles. The summed E-state index contributed by atoms with van der Waals surface area (Å²) in [6.07, 6.45) is 2.05. The topological polar surface area (TPSA) is 40.0 Å². The second-order valence-corrected chi connectivity index (χ2v) is 5.78. The number of carbonyl (C=O) groups excluding carboxylic acids is 1. The molecule has 1 saturated heterocycles. The van der Waals surface area contributed by atoms with Gasteiger partial charge in [-0.15, -0.1) is 0 Å². The van der Waals surface area contributed by atoms with Crippen molar-refractivity contribution in [2.75, 3.05) is 26.8 Å². The number of nitrogens with one attached hydrogen (secondary N) is 1. The fraction of sp³-hybridized carbons (Fsp3) is 0.588. The Morgan fingerprint density at radius 2 is 2.24 bits per heavy atom. The number of likely N-dealkylation sites (tertiary alicyclic amines) is 1. The number of esters is 1. The van der Waals surface area contributed by atoms with Crippen LogP contribution in [-0.2, 0) is 16.1 Å². The van der Waals surface area contributed by atoms with Gasteiger partial charge < -0.3 is 14.4 Å². The fourth-order valence-electron chi connectivity index (χ4n) is 3.11. The molecular weight excluding hydrogens is 266 g/mol. The van der Waals surface area contributed by atoms with Crippen LogP contribution in [0.25, 0.3) is 0 Å². The molecule has 2 rings (SSSR count). The summed E-state index contributed by atoms with van der Waals surface area (Å²) in [6.45, 7) is 7.37. The van der Waals surface area contributed by atoms with Crippen molar-refractivity contribution in [1.82, 2.24) is 0 Å². The zero-order chi connectivity index (χ0) is 15.2. The molecule has 1 N–H and O–H groups in total. The molecule has 2 atom stereocenters. The molecule has 0 amide bonds. The maximum Gasteiger partial charge on any atom is 0.314 e.